The van der Waals surface area contributed by atoms with Crippen molar-refractivity contribution >= 4 is 23.4 Å². The first-order valence-electron chi connectivity index (χ1n) is 6.52. The molecule has 1 aromatic carbocycles. The highest BCUT2D eigenvalue weighted by molar-refractivity contribution is 8.00. The lowest BCUT2D eigenvalue weighted by molar-refractivity contribution is -0.131. The van der Waals surface area contributed by atoms with Crippen LogP contribution in [0.3, 0.4) is 0 Å². The number of carbonyl (C=O) groups excluding carboxylic acids is 1. The number of thioether (sulfide) groups is 1. The van der Waals surface area contributed by atoms with Crippen LogP contribution in [0.2, 0.25) is 0 Å². The molecule has 96 valence electrons. The van der Waals surface area contributed by atoms with Crippen LogP contribution in [-0.2, 0) is 17.8 Å². The molecule has 1 fully saturated rings. The van der Waals surface area contributed by atoms with Gasteiger partial charge in [-0.25, -0.2) is 0 Å². The van der Waals surface area contributed by atoms with Gasteiger partial charge in [0, 0.05) is 18.8 Å². The number of nitrogen functional groups attached to an aromatic ring is 1. The van der Waals surface area contributed by atoms with E-state index in [1.807, 2.05) is 28.8 Å². The fourth-order valence-corrected chi connectivity index (χ4v) is 3.98. The van der Waals surface area contributed by atoms with Crippen molar-refractivity contribution < 1.29 is 4.79 Å². The Balaban J connectivity index is 1.75. The van der Waals surface area contributed by atoms with Gasteiger partial charge in [-0.05, 0) is 48.3 Å². The minimum absolute atomic E-state index is 0.201. The third-order valence-corrected chi connectivity index (χ3v) is 5.12. The molecule has 4 heteroatoms. The first kappa shape index (κ1) is 11.9. The molecule has 18 heavy (non-hydrogen) atoms. The zero-order chi connectivity index (χ0) is 12.5. The smallest absolute Gasteiger partial charge is 0.235 e. The number of nitrogens with zero attached hydrogens (tertiary/aromatic N) is 1. The number of amides is 1. The maximum Gasteiger partial charge on any atom is 0.235 e. The highest BCUT2D eigenvalue weighted by Gasteiger charge is 2.29. The number of benzene rings is 1. The van der Waals surface area contributed by atoms with Crippen molar-refractivity contribution in [2.75, 3.05) is 18.0 Å². The second kappa shape index (κ2) is 4.84. The summed E-state index contributed by atoms with van der Waals surface area (Å²) in [7, 11) is 0. The Labute approximate surface area is 112 Å². The Bertz CT molecular complexity index is 469. The number of hydrogen-bond acceptors (Lipinski definition) is 3. The monoisotopic (exact) mass is 262 g/mol. The van der Waals surface area contributed by atoms with Gasteiger partial charge in [-0.15, -0.1) is 11.8 Å². The summed E-state index contributed by atoms with van der Waals surface area (Å²) in [6.45, 7) is 1.59. The number of fused-ring (bicyclic) bond motifs is 1. The molecule has 0 aromatic heterocycles. The van der Waals surface area contributed by atoms with E-state index in [-0.39, 0.29) is 5.25 Å². The lowest BCUT2D eigenvalue weighted by atomic mass is 9.99. The van der Waals surface area contributed by atoms with Crippen molar-refractivity contribution in [3.05, 3.63) is 29.3 Å². The molecule has 3 rings (SSSR count). The summed E-state index contributed by atoms with van der Waals surface area (Å²) in [5, 5.41) is 0.201. The molecule has 1 saturated heterocycles. The van der Waals surface area contributed by atoms with E-state index in [0.717, 1.165) is 37.4 Å². The maximum atomic E-state index is 12.4. The number of hydrogen-bond donors (Lipinski definition) is 1. The Morgan fingerprint density at radius 2 is 2.28 bits per heavy atom. The first-order valence-corrected chi connectivity index (χ1v) is 7.56. The van der Waals surface area contributed by atoms with Crippen molar-refractivity contribution in [3.63, 3.8) is 0 Å². The van der Waals surface area contributed by atoms with Crippen molar-refractivity contribution in [2.45, 2.75) is 31.1 Å². The van der Waals surface area contributed by atoms with Gasteiger partial charge < -0.3 is 10.6 Å². The highest BCUT2D eigenvalue weighted by Crippen LogP contribution is 2.30. The van der Waals surface area contributed by atoms with E-state index in [4.69, 9.17) is 5.73 Å². The SMILES string of the molecule is Nc1ccc2c(c1)CN(C(=O)C1CCCS1)CC2. The first-order chi connectivity index (χ1) is 8.74. The van der Waals surface area contributed by atoms with E-state index in [9.17, 15) is 4.79 Å². The van der Waals surface area contributed by atoms with Gasteiger partial charge in [0.05, 0.1) is 5.25 Å². The molecule has 2 heterocycles. The second-order valence-corrected chi connectivity index (χ2v) is 6.35. The van der Waals surface area contributed by atoms with Crippen molar-refractivity contribution in [3.8, 4) is 0 Å². The molecule has 1 unspecified atom stereocenters. The van der Waals surface area contributed by atoms with Crippen LogP contribution in [0.5, 0.6) is 0 Å². The van der Waals surface area contributed by atoms with E-state index in [1.54, 1.807) is 0 Å². The Kier molecular flexibility index (Phi) is 3.20. The van der Waals surface area contributed by atoms with Gasteiger partial charge >= 0.3 is 0 Å². The van der Waals surface area contributed by atoms with Crippen LogP contribution in [-0.4, -0.2) is 28.4 Å². The fourth-order valence-electron chi connectivity index (χ4n) is 2.74. The average Bonchev–Trinajstić information content (AvgIpc) is 2.90. The molecule has 0 saturated carbocycles. The molecule has 0 spiro atoms. The van der Waals surface area contributed by atoms with E-state index in [1.165, 1.54) is 17.5 Å². The van der Waals surface area contributed by atoms with E-state index in [2.05, 4.69) is 6.07 Å². The molecular weight excluding hydrogens is 244 g/mol. The Morgan fingerprint density at radius 1 is 1.39 bits per heavy atom. The van der Waals surface area contributed by atoms with Crippen molar-refractivity contribution in [1.82, 2.24) is 4.90 Å². The summed E-state index contributed by atoms with van der Waals surface area (Å²) in [5.74, 6) is 1.46. The summed E-state index contributed by atoms with van der Waals surface area (Å²) in [6.07, 6.45) is 3.18. The molecule has 1 aromatic rings. The summed E-state index contributed by atoms with van der Waals surface area (Å²) >= 11 is 1.81. The van der Waals surface area contributed by atoms with Gasteiger partial charge in [0.15, 0.2) is 0 Å². The van der Waals surface area contributed by atoms with Crippen LogP contribution >= 0.6 is 11.8 Å². The van der Waals surface area contributed by atoms with Gasteiger partial charge in [-0.3, -0.25) is 4.79 Å². The number of anilines is 1. The third kappa shape index (κ3) is 2.21. The quantitative estimate of drug-likeness (QED) is 0.788. The minimum Gasteiger partial charge on any atom is -0.399 e. The second-order valence-electron chi connectivity index (χ2n) is 5.04. The highest BCUT2D eigenvalue weighted by atomic mass is 32.2. The predicted octanol–water partition coefficient (Wildman–Crippen LogP) is 2.05. The van der Waals surface area contributed by atoms with Crippen LogP contribution in [0.1, 0.15) is 24.0 Å². The minimum atomic E-state index is 0.201. The predicted molar refractivity (Wildman–Crippen MR) is 75.5 cm³/mol. The van der Waals surface area contributed by atoms with Crippen LogP contribution in [0.4, 0.5) is 5.69 Å². The molecular formula is C14H18N2OS. The van der Waals surface area contributed by atoms with Crippen LogP contribution in [0.25, 0.3) is 0 Å². The lowest BCUT2D eigenvalue weighted by Gasteiger charge is -2.30. The molecule has 0 bridgehead atoms. The Hall–Kier alpha value is -1.16. The zero-order valence-electron chi connectivity index (χ0n) is 10.4. The summed E-state index contributed by atoms with van der Waals surface area (Å²) in [5.41, 5.74) is 9.17. The molecule has 0 aliphatic carbocycles. The maximum absolute atomic E-state index is 12.4. The molecule has 2 N–H and O–H groups in total. The molecule has 2 aliphatic heterocycles. The molecule has 1 amide bonds. The van der Waals surface area contributed by atoms with Gasteiger partial charge in [-0.2, -0.15) is 0 Å². The van der Waals surface area contributed by atoms with Gasteiger partial charge in [0.25, 0.3) is 0 Å². The molecule has 1 atom stereocenters. The van der Waals surface area contributed by atoms with Crippen LogP contribution in [0.15, 0.2) is 18.2 Å². The summed E-state index contributed by atoms with van der Waals surface area (Å²) in [6, 6.07) is 6.05. The molecule has 2 aliphatic rings. The molecule has 0 radical (unpaired) electrons. The number of nitrogens with two attached hydrogens (primary N) is 1. The third-order valence-electron chi connectivity index (χ3n) is 3.76. The summed E-state index contributed by atoms with van der Waals surface area (Å²) < 4.78 is 0. The fraction of sp³-hybridized carbons (Fsp3) is 0.500. The van der Waals surface area contributed by atoms with Gasteiger partial charge in [0.2, 0.25) is 5.91 Å². The van der Waals surface area contributed by atoms with Crippen LogP contribution < -0.4 is 5.73 Å². The normalized spacial score (nSPS) is 22.9. The van der Waals surface area contributed by atoms with Crippen molar-refractivity contribution in [2.24, 2.45) is 0 Å². The average molecular weight is 262 g/mol. The summed E-state index contributed by atoms with van der Waals surface area (Å²) in [4.78, 5) is 14.4. The lowest BCUT2D eigenvalue weighted by Crippen LogP contribution is -2.40. The molecule has 3 nitrogen and oxygen atoms in total. The van der Waals surface area contributed by atoms with Gasteiger partial charge in [0.1, 0.15) is 0 Å². The van der Waals surface area contributed by atoms with Crippen LogP contribution in [0, 0.1) is 0 Å². The Morgan fingerprint density at radius 3 is 3.06 bits per heavy atom. The van der Waals surface area contributed by atoms with E-state index < -0.39 is 0 Å². The largest absolute Gasteiger partial charge is 0.399 e. The number of rotatable bonds is 1. The van der Waals surface area contributed by atoms with Crippen molar-refractivity contribution in [1.29, 1.82) is 0 Å². The zero-order valence-corrected chi connectivity index (χ0v) is 11.2. The topological polar surface area (TPSA) is 46.3 Å². The van der Waals surface area contributed by atoms with Gasteiger partial charge in [-0.1, -0.05) is 6.07 Å². The number of carbonyl (C=O) groups is 1. The standard InChI is InChI=1S/C14H18N2OS/c15-12-4-3-10-5-6-16(9-11(10)8-12)14(17)13-2-1-7-18-13/h3-4,8,13H,1-2,5-7,9,15H2. The van der Waals surface area contributed by atoms with E-state index in [0.29, 0.717) is 5.91 Å². The van der Waals surface area contributed by atoms with E-state index >= 15 is 0 Å².